The van der Waals surface area contributed by atoms with Gasteiger partial charge in [-0.3, -0.25) is 0 Å². The van der Waals surface area contributed by atoms with Crippen molar-refractivity contribution in [1.29, 1.82) is 0 Å². The number of rotatable bonds is 2. The highest BCUT2D eigenvalue weighted by Gasteiger charge is 2.13. The molecule has 0 N–H and O–H groups in total. The minimum absolute atomic E-state index is 0.327. The highest BCUT2D eigenvalue weighted by molar-refractivity contribution is 7.99. The van der Waals surface area contributed by atoms with E-state index in [1.807, 2.05) is 26.0 Å². The van der Waals surface area contributed by atoms with Gasteiger partial charge in [0.2, 0.25) is 6.79 Å². The van der Waals surface area contributed by atoms with Gasteiger partial charge in [0.05, 0.1) is 0 Å². The second kappa shape index (κ2) is 6.53. The summed E-state index contributed by atoms with van der Waals surface area (Å²) in [5.74, 6) is 1.67. The number of ether oxygens (including phenoxy) is 2. The zero-order valence-electron chi connectivity index (χ0n) is 11.5. The van der Waals surface area contributed by atoms with Gasteiger partial charge in [-0.25, -0.2) is 0 Å². The third-order valence-electron chi connectivity index (χ3n) is 2.60. The van der Waals surface area contributed by atoms with E-state index < -0.39 is 0 Å². The van der Waals surface area contributed by atoms with E-state index >= 15 is 0 Å². The maximum absolute atomic E-state index is 5.36. The van der Waals surface area contributed by atoms with E-state index in [0.717, 1.165) is 16.4 Å². The number of hydrogen-bond acceptors (Lipinski definition) is 3. The molecule has 2 aromatic carbocycles. The van der Waals surface area contributed by atoms with Crippen molar-refractivity contribution >= 4 is 11.8 Å². The van der Waals surface area contributed by atoms with Crippen molar-refractivity contribution in [2.45, 2.75) is 30.6 Å². The van der Waals surface area contributed by atoms with Crippen molar-refractivity contribution in [3.05, 3.63) is 48.0 Å². The van der Waals surface area contributed by atoms with Gasteiger partial charge in [-0.2, -0.15) is 0 Å². The van der Waals surface area contributed by atoms with E-state index in [-0.39, 0.29) is 0 Å². The molecule has 0 radical (unpaired) electrons. The van der Waals surface area contributed by atoms with Crippen LogP contribution in [0.2, 0.25) is 0 Å². The van der Waals surface area contributed by atoms with Gasteiger partial charge in [0.1, 0.15) is 0 Å². The molecule has 19 heavy (non-hydrogen) atoms. The molecule has 3 rings (SSSR count). The van der Waals surface area contributed by atoms with Crippen molar-refractivity contribution in [2.24, 2.45) is 0 Å². The number of benzene rings is 2. The molecule has 0 unspecified atom stereocenters. The standard InChI is InChI=1S/C14H12O2S.C2H6/c1-10-2-4-11(5-3-10)17-12-6-7-13-14(8-12)16-9-15-13;1-2/h2-8H,9H2,1H3;1-2H3. The second-order valence-corrected chi connectivity index (χ2v) is 5.08. The van der Waals surface area contributed by atoms with Crippen LogP contribution in [0.3, 0.4) is 0 Å². The lowest BCUT2D eigenvalue weighted by atomic mass is 10.2. The third-order valence-corrected chi connectivity index (χ3v) is 3.60. The topological polar surface area (TPSA) is 18.5 Å². The average molecular weight is 274 g/mol. The van der Waals surface area contributed by atoms with Gasteiger partial charge in [0.15, 0.2) is 11.5 Å². The van der Waals surface area contributed by atoms with Crippen molar-refractivity contribution in [2.75, 3.05) is 6.79 Å². The first kappa shape index (κ1) is 13.8. The Hall–Kier alpha value is -1.61. The molecule has 0 fully saturated rings. The quantitative estimate of drug-likeness (QED) is 0.776. The summed E-state index contributed by atoms with van der Waals surface area (Å²) < 4.78 is 10.6. The molecule has 0 amide bonds. The molecule has 100 valence electrons. The smallest absolute Gasteiger partial charge is 0.231 e. The fourth-order valence-electron chi connectivity index (χ4n) is 1.68. The Labute approximate surface area is 118 Å². The molecule has 2 nitrogen and oxygen atoms in total. The largest absolute Gasteiger partial charge is 0.454 e. The van der Waals surface area contributed by atoms with Gasteiger partial charge < -0.3 is 9.47 Å². The van der Waals surface area contributed by atoms with Gasteiger partial charge in [-0.05, 0) is 37.3 Å². The monoisotopic (exact) mass is 274 g/mol. The van der Waals surface area contributed by atoms with Crippen LogP contribution >= 0.6 is 11.8 Å². The van der Waals surface area contributed by atoms with E-state index in [1.54, 1.807) is 11.8 Å². The van der Waals surface area contributed by atoms with Crippen molar-refractivity contribution in [1.82, 2.24) is 0 Å². The molecule has 0 saturated heterocycles. The SMILES string of the molecule is CC.Cc1ccc(Sc2ccc3c(c2)OCO3)cc1. The fraction of sp³-hybridized carbons (Fsp3) is 0.250. The van der Waals surface area contributed by atoms with Gasteiger partial charge in [-0.15, -0.1) is 0 Å². The molecule has 3 heteroatoms. The van der Waals surface area contributed by atoms with E-state index in [2.05, 4.69) is 37.3 Å². The Bertz CT molecular complexity index is 535. The van der Waals surface area contributed by atoms with Gasteiger partial charge in [0, 0.05) is 9.79 Å². The van der Waals surface area contributed by atoms with Crippen LogP contribution in [0, 0.1) is 6.92 Å². The summed E-state index contributed by atoms with van der Waals surface area (Å²) in [6.45, 7) is 6.42. The van der Waals surface area contributed by atoms with Crippen LogP contribution in [0.25, 0.3) is 0 Å². The Morgan fingerprint density at radius 3 is 2.21 bits per heavy atom. The van der Waals surface area contributed by atoms with Crippen LogP contribution in [0.1, 0.15) is 19.4 Å². The normalized spacial score (nSPS) is 11.7. The molecular weight excluding hydrogens is 256 g/mol. The number of hydrogen-bond donors (Lipinski definition) is 0. The molecule has 0 aliphatic carbocycles. The Morgan fingerprint density at radius 2 is 1.47 bits per heavy atom. The van der Waals surface area contributed by atoms with E-state index in [1.165, 1.54) is 10.5 Å². The van der Waals surface area contributed by atoms with Crippen LogP contribution in [0.15, 0.2) is 52.3 Å². The number of fused-ring (bicyclic) bond motifs is 1. The molecular formula is C16H18O2S. The van der Waals surface area contributed by atoms with E-state index in [4.69, 9.17) is 9.47 Å². The second-order valence-electron chi connectivity index (χ2n) is 3.93. The Morgan fingerprint density at radius 1 is 0.842 bits per heavy atom. The summed E-state index contributed by atoms with van der Waals surface area (Å²) >= 11 is 1.73. The summed E-state index contributed by atoms with van der Waals surface area (Å²) in [5.41, 5.74) is 1.28. The molecule has 0 saturated carbocycles. The lowest BCUT2D eigenvalue weighted by molar-refractivity contribution is 0.174. The van der Waals surface area contributed by atoms with Crippen molar-refractivity contribution in [3.8, 4) is 11.5 Å². The summed E-state index contributed by atoms with van der Waals surface area (Å²) in [7, 11) is 0. The molecule has 1 aliphatic rings. The Balaban J connectivity index is 0.000000637. The fourth-order valence-corrected chi connectivity index (χ4v) is 2.53. The summed E-state index contributed by atoms with van der Waals surface area (Å²) in [6.07, 6.45) is 0. The van der Waals surface area contributed by atoms with Crippen LogP contribution in [0.5, 0.6) is 11.5 Å². The molecule has 0 atom stereocenters. The Kier molecular flexibility index (Phi) is 4.74. The van der Waals surface area contributed by atoms with Crippen molar-refractivity contribution in [3.63, 3.8) is 0 Å². The summed E-state index contributed by atoms with van der Waals surface area (Å²) in [6, 6.07) is 14.5. The maximum atomic E-state index is 5.36. The number of aryl methyl sites for hydroxylation is 1. The molecule has 0 aromatic heterocycles. The minimum atomic E-state index is 0.327. The zero-order chi connectivity index (χ0) is 13.7. The first-order chi connectivity index (χ1) is 9.31. The van der Waals surface area contributed by atoms with Crippen LogP contribution in [0.4, 0.5) is 0 Å². The van der Waals surface area contributed by atoms with Crippen molar-refractivity contribution < 1.29 is 9.47 Å². The molecule has 1 heterocycles. The van der Waals surface area contributed by atoms with Gasteiger partial charge in [0.25, 0.3) is 0 Å². The van der Waals surface area contributed by atoms with E-state index in [0.29, 0.717) is 6.79 Å². The highest BCUT2D eigenvalue weighted by atomic mass is 32.2. The van der Waals surface area contributed by atoms with Gasteiger partial charge >= 0.3 is 0 Å². The van der Waals surface area contributed by atoms with Gasteiger partial charge in [-0.1, -0.05) is 43.3 Å². The molecule has 0 bridgehead atoms. The molecule has 0 spiro atoms. The first-order valence-corrected chi connectivity index (χ1v) is 7.27. The van der Waals surface area contributed by atoms with Crippen LogP contribution in [-0.4, -0.2) is 6.79 Å². The molecule has 2 aromatic rings. The predicted octanol–water partition coefficient (Wildman–Crippen LogP) is 4.90. The first-order valence-electron chi connectivity index (χ1n) is 6.45. The average Bonchev–Trinajstić information content (AvgIpc) is 2.91. The van der Waals surface area contributed by atoms with Crippen LogP contribution in [-0.2, 0) is 0 Å². The lowest BCUT2D eigenvalue weighted by Crippen LogP contribution is -1.92. The molecule has 1 aliphatic heterocycles. The summed E-state index contributed by atoms with van der Waals surface area (Å²) in [5, 5.41) is 0. The van der Waals surface area contributed by atoms with Crippen LogP contribution < -0.4 is 9.47 Å². The lowest BCUT2D eigenvalue weighted by Gasteiger charge is -2.03. The highest BCUT2D eigenvalue weighted by Crippen LogP contribution is 2.37. The minimum Gasteiger partial charge on any atom is -0.454 e. The van der Waals surface area contributed by atoms with E-state index in [9.17, 15) is 0 Å². The predicted molar refractivity (Wildman–Crippen MR) is 79.2 cm³/mol. The third kappa shape index (κ3) is 3.44. The zero-order valence-corrected chi connectivity index (χ0v) is 12.3. The summed E-state index contributed by atoms with van der Waals surface area (Å²) in [4.78, 5) is 2.40. The maximum Gasteiger partial charge on any atom is 0.231 e.